The van der Waals surface area contributed by atoms with Crippen molar-refractivity contribution in [1.29, 1.82) is 0 Å². The number of carboxylic acids is 1. The maximum atomic E-state index is 13.1. The van der Waals surface area contributed by atoms with E-state index < -0.39 is 72.8 Å². The zero-order chi connectivity index (χ0) is 26.7. The lowest BCUT2D eigenvalue weighted by Crippen LogP contribution is -2.59. The largest absolute Gasteiger partial charge is 0.481 e. The van der Waals surface area contributed by atoms with Crippen molar-refractivity contribution in [3.63, 3.8) is 0 Å². The Hall–Kier alpha value is -2.74. The molecule has 0 unspecified atom stereocenters. The van der Waals surface area contributed by atoms with Crippen LogP contribution in [0, 0.1) is 5.92 Å². The monoisotopic (exact) mass is 544 g/mol. The molecule has 0 aromatic heterocycles. The molecule has 0 aromatic rings. The van der Waals surface area contributed by atoms with Gasteiger partial charge in [0.2, 0.25) is 23.6 Å². The third-order valence-corrected chi connectivity index (χ3v) is 7.74. The van der Waals surface area contributed by atoms with Crippen molar-refractivity contribution < 1.29 is 38.6 Å². The Morgan fingerprint density at radius 3 is 2.53 bits per heavy atom. The first kappa shape index (κ1) is 29.5. The highest BCUT2D eigenvalue weighted by Crippen LogP contribution is 2.23. The van der Waals surface area contributed by atoms with Crippen LogP contribution in [0.15, 0.2) is 12.2 Å². The highest BCUT2D eigenvalue weighted by Gasteiger charge is 2.32. The van der Waals surface area contributed by atoms with Gasteiger partial charge in [0.25, 0.3) is 0 Å². The van der Waals surface area contributed by atoms with Gasteiger partial charge in [-0.1, -0.05) is 41.5 Å². The maximum absolute atomic E-state index is 13.1. The topological polar surface area (TPSA) is 180 Å². The van der Waals surface area contributed by atoms with Crippen LogP contribution < -0.4 is 21.3 Å². The van der Waals surface area contributed by atoms with Gasteiger partial charge in [-0.3, -0.25) is 28.8 Å². The molecule has 5 N–H and O–H groups in total. The van der Waals surface area contributed by atoms with Crippen LogP contribution in [0.25, 0.3) is 0 Å². The Bertz CT molecular complexity index is 882. The van der Waals surface area contributed by atoms with E-state index in [9.17, 15) is 28.8 Å². The summed E-state index contributed by atoms with van der Waals surface area (Å²) in [5.74, 6) is -4.02. The average Bonchev–Trinajstić information content (AvgIpc) is 2.80. The third-order valence-electron chi connectivity index (χ3n) is 5.29. The number of carboxylic acid groups (broad SMARTS) is 1. The number of nitrogens with one attached hydrogen (secondary N) is 4. The van der Waals surface area contributed by atoms with E-state index in [2.05, 4.69) is 21.3 Å². The van der Waals surface area contributed by atoms with Crippen LogP contribution in [0.3, 0.4) is 0 Å². The van der Waals surface area contributed by atoms with Gasteiger partial charge in [0.05, 0.1) is 6.42 Å². The Morgan fingerprint density at radius 1 is 1.08 bits per heavy atom. The Morgan fingerprint density at radius 2 is 1.83 bits per heavy atom. The Labute approximate surface area is 216 Å². The number of ether oxygens (including phenoxy) is 1. The van der Waals surface area contributed by atoms with Crippen molar-refractivity contribution in [2.24, 2.45) is 5.92 Å². The van der Waals surface area contributed by atoms with Crippen LogP contribution in [-0.4, -0.2) is 83.0 Å². The van der Waals surface area contributed by atoms with Gasteiger partial charge in [-0.05, 0) is 24.8 Å². The summed E-state index contributed by atoms with van der Waals surface area (Å²) in [4.78, 5) is 75.1. The van der Waals surface area contributed by atoms with Gasteiger partial charge in [-0.25, -0.2) is 0 Å². The number of hydrogen-bond donors (Lipinski definition) is 5. The Balaban J connectivity index is 2.45. The molecule has 200 valence electrons. The number of fused-ring (bicyclic) bond motifs is 7. The fourth-order valence-corrected chi connectivity index (χ4v) is 5.54. The summed E-state index contributed by atoms with van der Waals surface area (Å²) in [7, 11) is 2.82. The quantitative estimate of drug-likeness (QED) is 0.180. The number of hydrogen-bond acceptors (Lipinski definition) is 9. The van der Waals surface area contributed by atoms with Gasteiger partial charge >= 0.3 is 11.9 Å². The van der Waals surface area contributed by atoms with Crippen LogP contribution in [0.4, 0.5) is 0 Å². The lowest BCUT2D eigenvalue weighted by atomic mass is 10.0. The summed E-state index contributed by atoms with van der Waals surface area (Å²) >= 11 is 0. The molecular formula is C22H32N4O8S2. The summed E-state index contributed by atoms with van der Waals surface area (Å²) in [5, 5.41) is 19.3. The second-order valence-corrected chi connectivity index (χ2v) is 11.2. The van der Waals surface area contributed by atoms with E-state index in [0.29, 0.717) is 12.2 Å². The summed E-state index contributed by atoms with van der Waals surface area (Å²) in [6, 6.07) is -3.27. The fourth-order valence-electron chi connectivity index (χ4n) is 3.38. The zero-order valence-electron chi connectivity index (χ0n) is 20.1. The molecule has 0 saturated carbocycles. The van der Waals surface area contributed by atoms with E-state index in [1.807, 2.05) is 0 Å². The lowest BCUT2D eigenvalue weighted by Gasteiger charge is -2.27. The first-order valence-corrected chi connectivity index (χ1v) is 14.1. The van der Waals surface area contributed by atoms with Gasteiger partial charge in [-0.2, -0.15) is 0 Å². The first-order chi connectivity index (χ1) is 17.1. The predicted octanol–water partition coefficient (Wildman–Crippen LogP) is -0.265. The number of rotatable bonds is 4. The minimum atomic E-state index is -1.23. The van der Waals surface area contributed by atoms with Crippen LogP contribution >= 0.6 is 21.6 Å². The van der Waals surface area contributed by atoms with Crippen molar-refractivity contribution in [2.45, 2.75) is 63.8 Å². The molecule has 2 aliphatic rings. The SMILES string of the molecule is CC(C)[C@H]1NC(=O)[C@H]2CSSCCC=C[C@H](CC(=O)N[C@H](CCC(=O)O)C(=O)N2)OC(=O)CNC1=O. The highest BCUT2D eigenvalue weighted by molar-refractivity contribution is 8.76. The van der Waals surface area contributed by atoms with Crippen molar-refractivity contribution in [3.05, 3.63) is 12.2 Å². The van der Waals surface area contributed by atoms with Crippen LogP contribution in [0.1, 0.15) is 39.5 Å². The lowest BCUT2D eigenvalue weighted by molar-refractivity contribution is -0.149. The third kappa shape index (κ3) is 10.1. The number of allylic oxidation sites excluding steroid dienone is 1. The number of carbonyl (C=O) groups excluding carboxylic acids is 5. The minimum Gasteiger partial charge on any atom is -0.481 e. The first-order valence-electron chi connectivity index (χ1n) is 11.6. The van der Waals surface area contributed by atoms with Gasteiger partial charge < -0.3 is 31.1 Å². The van der Waals surface area contributed by atoms with E-state index in [0.717, 1.165) is 0 Å². The van der Waals surface area contributed by atoms with Gasteiger partial charge in [-0.15, -0.1) is 0 Å². The summed E-state index contributed by atoms with van der Waals surface area (Å²) < 4.78 is 5.37. The van der Waals surface area contributed by atoms with E-state index >= 15 is 0 Å². The second-order valence-electron chi connectivity index (χ2n) is 8.62. The van der Waals surface area contributed by atoms with E-state index in [1.165, 1.54) is 21.6 Å². The molecule has 2 bridgehead atoms. The normalized spacial score (nSPS) is 27.2. The van der Waals surface area contributed by atoms with Crippen molar-refractivity contribution >= 4 is 57.2 Å². The van der Waals surface area contributed by atoms with Gasteiger partial charge in [0, 0.05) is 17.9 Å². The van der Waals surface area contributed by atoms with E-state index in [1.54, 1.807) is 26.0 Å². The molecule has 0 aliphatic carbocycles. The highest BCUT2D eigenvalue weighted by atomic mass is 33.1. The van der Waals surface area contributed by atoms with Crippen LogP contribution in [0.5, 0.6) is 0 Å². The smallest absolute Gasteiger partial charge is 0.326 e. The van der Waals surface area contributed by atoms with Crippen molar-refractivity contribution in [2.75, 3.05) is 18.1 Å². The molecule has 0 spiro atoms. The fraction of sp³-hybridized carbons (Fsp3) is 0.636. The molecule has 0 aromatic carbocycles. The molecule has 2 aliphatic heterocycles. The molecular weight excluding hydrogens is 512 g/mol. The molecule has 4 amide bonds. The summed E-state index contributed by atoms with van der Waals surface area (Å²) in [5.41, 5.74) is 0. The molecule has 4 atom stereocenters. The van der Waals surface area contributed by atoms with Crippen molar-refractivity contribution in [1.82, 2.24) is 21.3 Å². The number of esters is 1. The standard InChI is InChI=1S/C22H32N4O8S2/c1-12(2)19-22(33)23-10-18(30)34-13-5-3-4-8-35-36-11-15(21(32)26-19)25-20(31)14(6-7-17(28)29)24-16(27)9-13/h3,5,12-15,19H,4,6-11H2,1-2H3,(H,23,33)(H,24,27)(H,25,31)(H,26,32)(H,28,29)/t13-,14-,15-,19-/m1/s1. The number of carbonyl (C=O) groups is 6. The molecule has 1 fully saturated rings. The molecule has 1 saturated heterocycles. The number of aliphatic carboxylic acids is 1. The van der Waals surface area contributed by atoms with Crippen LogP contribution in [-0.2, 0) is 33.5 Å². The number of amides is 4. The molecule has 2 rings (SSSR count). The second kappa shape index (κ2) is 14.7. The van der Waals surface area contributed by atoms with E-state index in [4.69, 9.17) is 9.84 Å². The minimum absolute atomic E-state index is 0.169. The van der Waals surface area contributed by atoms with Crippen LogP contribution in [0.2, 0.25) is 0 Å². The summed E-state index contributed by atoms with van der Waals surface area (Å²) in [6.45, 7) is 2.98. The predicted molar refractivity (Wildman–Crippen MR) is 134 cm³/mol. The zero-order valence-corrected chi connectivity index (χ0v) is 21.7. The van der Waals surface area contributed by atoms with E-state index in [-0.39, 0.29) is 24.5 Å². The average molecular weight is 545 g/mol. The molecule has 2 heterocycles. The van der Waals surface area contributed by atoms with Gasteiger partial charge in [0.15, 0.2) is 0 Å². The molecule has 36 heavy (non-hydrogen) atoms. The molecule has 12 nitrogen and oxygen atoms in total. The van der Waals surface area contributed by atoms with Gasteiger partial charge in [0.1, 0.15) is 30.8 Å². The summed E-state index contributed by atoms with van der Waals surface area (Å²) in [6.07, 6.45) is 2.06. The maximum Gasteiger partial charge on any atom is 0.326 e. The molecule has 0 radical (unpaired) electrons. The Kier molecular flexibility index (Phi) is 12.1. The van der Waals surface area contributed by atoms with Crippen molar-refractivity contribution in [3.8, 4) is 0 Å². The molecule has 14 heteroatoms.